The van der Waals surface area contributed by atoms with Gasteiger partial charge in [-0.25, -0.2) is 0 Å². The summed E-state index contributed by atoms with van der Waals surface area (Å²) in [6, 6.07) is 0. The van der Waals surface area contributed by atoms with Crippen LogP contribution in [0.3, 0.4) is 0 Å². The van der Waals surface area contributed by atoms with Crippen molar-refractivity contribution in [2.75, 3.05) is 40.9 Å². The van der Waals surface area contributed by atoms with Gasteiger partial charge in [0, 0.05) is 6.61 Å². The lowest BCUT2D eigenvalue weighted by Gasteiger charge is -2.24. The second-order valence-corrected chi connectivity index (χ2v) is 11.9. The van der Waals surface area contributed by atoms with Crippen molar-refractivity contribution in [1.82, 2.24) is 0 Å². The Bertz CT molecular complexity index is 515. The molecule has 5 nitrogen and oxygen atoms in total. The van der Waals surface area contributed by atoms with E-state index in [9.17, 15) is 9.59 Å². The Hall–Kier alpha value is -0.940. The summed E-state index contributed by atoms with van der Waals surface area (Å²) >= 11 is 0. The zero-order chi connectivity index (χ0) is 26.9. The van der Waals surface area contributed by atoms with Crippen LogP contribution in [-0.4, -0.2) is 63.2 Å². The third kappa shape index (κ3) is 27.6. The molecule has 0 N–H and O–H groups in total. The molecule has 0 aliphatic rings. The summed E-state index contributed by atoms with van der Waals surface area (Å²) < 4.78 is 12.3. The lowest BCUT2D eigenvalue weighted by molar-refractivity contribution is -0.870. The van der Waals surface area contributed by atoms with Gasteiger partial charge in [0.1, 0.15) is 18.3 Å². The third-order valence-electron chi connectivity index (χ3n) is 6.74. The fourth-order valence-corrected chi connectivity index (χ4v) is 4.53. The minimum atomic E-state index is -0.426. The van der Waals surface area contributed by atoms with E-state index in [1.165, 1.54) is 103 Å². The molecule has 0 radical (unpaired) electrons. The van der Waals surface area contributed by atoms with Crippen molar-refractivity contribution < 1.29 is 23.5 Å². The summed E-state index contributed by atoms with van der Waals surface area (Å²) in [5.41, 5.74) is 0. The maximum Gasteiger partial charge on any atom is 0.313 e. The van der Waals surface area contributed by atoms with E-state index in [4.69, 9.17) is 9.47 Å². The number of ketones is 1. The summed E-state index contributed by atoms with van der Waals surface area (Å²) in [7, 11) is 6.56. The van der Waals surface area contributed by atoms with Crippen molar-refractivity contribution in [3.8, 4) is 0 Å². The van der Waals surface area contributed by atoms with Gasteiger partial charge in [-0.3, -0.25) is 9.59 Å². The molecule has 1 atom stereocenters. The number of ether oxygens (including phenoxy) is 2. The first-order chi connectivity index (χ1) is 17.2. The van der Waals surface area contributed by atoms with Crippen molar-refractivity contribution in [2.45, 2.75) is 148 Å². The molecule has 0 aliphatic heterocycles. The second-order valence-electron chi connectivity index (χ2n) is 11.9. The van der Waals surface area contributed by atoms with Crippen molar-refractivity contribution >= 4 is 11.8 Å². The van der Waals surface area contributed by atoms with Gasteiger partial charge in [0.2, 0.25) is 0 Å². The summed E-state index contributed by atoms with van der Waals surface area (Å²) in [5.74, 6) is -0.581. The van der Waals surface area contributed by atoms with E-state index < -0.39 is 5.97 Å². The normalized spacial score (nSPS) is 12.6. The number of rotatable bonds is 27. The SMILES string of the molecule is CCCCCCCCCCCCCCCCCCOCC(CCCC[N+](C)(C)C)OC(=O)CC(C)=O. The number of Topliss-reactive ketones (excluding diaryl/α,β-unsaturated/α-hetero) is 1. The predicted molar refractivity (Wildman–Crippen MR) is 152 cm³/mol. The molecule has 36 heavy (non-hydrogen) atoms. The standard InChI is InChI=1S/C31H62NO4/c1-6-7-8-9-10-11-12-13-14-15-16-17-18-19-20-23-26-35-28-30(36-31(34)27-29(2)33)24-21-22-25-32(3,4)5/h30H,6-28H2,1-5H3/q+1. The Morgan fingerprint density at radius 3 is 1.58 bits per heavy atom. The summed E-state index contributed by atoms with van der Waals surface area (Å²) in [6.45, 7) is 5.95. The lowest BCUT2D eigenvalue weighted by atomic mass is 10.0. The topological polar surface area (TPSA) is 52.6 Å². The van der Waals surface area contributed by atoms with Crippen LogP contribution in [0.5, 0.6) is 0 Å². The zero-order valence-electron chi connectivity index (χ0n) is 24.9. The van der Waals surface area contributed by atoms with Crippen LogP contribution in [0.1, 0.15) is 142 Å². The van der Waals surface area contributed by atoms with Crippen molar-refractivity contribution in [3.63, 3.8) is 0 Å². The fraction of sp³-hybridized carbons (Fsp3) is 0.935. The lowest BCUT2D eigenvalue weighted by Crippen LogP contribution is -2.35. The number of carbonyl (C=O) groups excluding carboxylic acids is 2. The number of hydrogen-bond acceptors (Lipinski definition) is 4. The van der Waals surface area contributed by atoms with Crippen LogP contribution in [0.15, 0.2) is 0 Å². The summed E-state index contributed by atoms with van der Waals surface area (Å²) in [5, 5.41) is 0. The minimum absolute atomic E-state index is 0.144. The van der Waals surface area contributed by atoms with E-state index in [2.05, 4.69) is 28.1 Å². The van der Waals surface area contributed by atoms with Crippen molar-refractivity contribution in [2.24, 2.45) is 0 Å². The van der Waals surface area contributed by atoms with Gasteiger partial charge in [0.05, 0.1) is 34.3 Å². The molecular formula is C31H62NO4+. The number of hydrogen-bond donors (Lipinski definition) is 0. The summed E-state index contributed by atoms with van der Waals surface area (Å²) in [4.78, 5) is 23.2. The Balaban J connectivity index is 3.69. The third-order valence-corrected chi connectivity index (χ3v) is 6.74. The van der Waals surface area contributed by atoms with Gasteiger partial charge in [-0.1, -0.05) is 103 Å². The maximum atomic E-state index is 11.9. The number of quaternary nitrogens is 1. The molecule has 0 aromatic rings. The quantitative estimate of drug-likeness (QED) is 0.0484. The molecule has 0 rings (SSSR count). The monoisotopic (exact) mass is 512 g/mol. The Morgan fingerprint density at radius 1 is 0.667 bits per heavy atom. The van der Waals surface area contributed by atoms with Crippen LogP contribution >= 0.6 is 0 Å². The molecule has 5 heteroatoms. The highest BCUT2D eigenvalue weighted by molar-refractivity contribution is 5.94. The van der Waals surface area contributed by atoms with Crippen molar-refractivity contribution in [3.05, 3.63) is 0 Å². The average molecular weight is 513 g/mol. The Labute approximate surface area is 224 Å². The molecule has 0 spiro atoms. The van der Waals surface area contributed by atoms with E-state index in [1.807, 2.05) is 0 Å². The highest BCUT2D eigenvalue weighted by atomic mass is 16.6. The largest absolute Gasteiger partial charge is 0.460 e. The predicted octanol–water partition coefficient (Wildman–Crippen LogP) is 8.03. The second kappa shape index (κ2) is 24.4. The number of carbonyl (C=O) groups is 2. The van der Waals surface area contributed by atoms with Gasteiger partial charge in [-0.05, 0) is 32.6 Å². The van der Waals surface area contributed by atoms with E-state index in [-0.39, 0.29) is 18.3 Å². The van der Waals surface area contributed by atoms with E-state index in [0.29, 0.717) is 6.61 Å². The van der Waals surface area contributed by atoms with Crippen LogP contribution < -0.4 is 0 Å². The fourth-order valence-electron chi connectivity index (χ4n) is 4.53. The number of nitrogens with zero attached hydrogens (tertiary/aromatic N) is 1. The van der Waals surface area contributed by atoms with Crippen molar-refractivity contribution in [1.29, 1.82) is 0 Å². The average Bonchev–Trinajstić information content (AvgIpc) is 2.79. The highest BCUT2D eigenvalue weighted by Gasteiger charge is 2.17. The summed E-state index contributed by atoms with van der Waals surface area (Å²) in [6.07, 6.45) is 24.3. The van der Waals surface area contributed by atoms with Crippen LogP contribution in [0.2, 0.25) is 0 Å². The van der Waals surface area contributed by atoms with E-state index in [0.717, 1.165) is 43.3 Å². The van der Waals surface area contributed by atoms with Crippen LogP contribution in [0.25, 0.3) is 0 Å². The molecular weight excluding hydrogens is 450 g/mol. The van der Waals surface area contributed by atoms with Crippen LogP contribution in [-0.2, 0) is 19.1 Å². The van der Waals surface area contributed by atoms with Gasteiger partial charge >= 0.3 is 5.97 Å². The van der Waals surface area contributed by atoms with E-state index in [1.54, 1.807) is 0 Å². The first-order valence-corrected chi connectivity index (χ1v) is 15.3. The zero-order valence-corrected chi connectivity index (χ0v) is 24.9. The molecule has 0 bridgehead atoms. The molecule has 214 valence electrons. The Morgan fingerprint density at radius 2 is 1.14 bits per heavy atom. The smallest absolute Gasteiger partial charge is 0.313 e. The number of esters is 1. The van der Waals surface area contributed by atoms with E-state index >= 15 is 0 Å². The molecule has 0 aliphatic carbocycles. The molecule has 0 fully saturated rings. The maximum absolute atomic E-state index is 11.9. The van der Waals surface area contributed by atoms with Gasteiger partial charge in [-0.2, -0.15) is 0 Å². The first kappa shape index (κ1) is 35.1. The van der Waals surface area contributed by atoms with Crippen LogP contribution in [0, 0.1) is 0 Å². The van der Waals surface area contributed by atoms with Gasteiger partial charge in [0.25, 0.3) is 0 Å². The van der Waals surface area contributed by atoms with Gasteiger partial charge < -0.3 is 14.0 Å². The minimum Gasteiger partial charge on any atom is -0.460 e. The molecule has 0 amide bonds. The molecule has 0 aromatic carbocycles. The van der Waals surface area contributed by atoms with Crippen LogP contribution in [0.4, 0.5) is 0 Å². The highest BCUT2D eigenvalue weighted by Crippen LogP contribution is 2.14. The number of unbranched alkanes of at least 4 members (excludes halogenated alkanes) is 16. The molecule has 0 saturated carbocycles. The molecule has 0 saturated heterocycles. The first-order valence-electron chi connectivity index (χ1n) is 15.3. The van der Waals surface area contributed by atoms with Gasteiger partial charge in [-0.15, -0.1) is 0 Å². The molecule has 0 aromatic heterocycles. The molecule has 1 unspecified atom stereocenters. The molecule has 0 heterocycles. The van der Waals surface area contributed by atoms with Gasteiger partial charge in [0.15, 0.2) is 0 Å². The Kier molecular flexibility index (Phi) is 23.8.